The van der Waals surface area contributed by atoms with Crippen LogP contribution in [0.3, 0.4) is 0 Å². The van der Waals surface area contributed by atoms with Gasteiger partial charge in [-0.3, -0.25) is 4.79 Å². The summed E-state index contributed by atoms with van der Waals surface area (Å²) in [4.78, 5) is 11.3. The zero-order valence-electron chi connectivity index (χ0n) is 11.0. The van der Waals surface area contributed by atoms with Gasteiger partial charge in [0.25, 0.3) is 5.76 Å². The van der Waals surface area contributed by atoms with E-state index in [9.17, 15) is 13.6 Å². The number of halogens is 2. The molecule has 1 amide bonds. The molecular weight excluding hydrogens is 286 g/mol. The van der Waals surface area contributed by atoms with Crippen LogP contribution in [0.25, 0.3) is 0 Å². The third kappa shape index (κ3) is 5.50. The maximum atomic E-state index is 12.0. The zero-order chi connectivity index (χ0) is 14.4. The minimum atomic E-state index is -2.38. The van der Waals surface area contributed by atoms with E-state index in [0.717, 1.165) is 12.8 Å². The van der Waals surface area contributed by atoms with Gasteiger partial charge in [0, 0.05) is 19.0 Å². The van der Waals surface area contributed by atoms with Gasteiger partial charge in [-0.05, 0) is 25.0 Å². The molecule has 1 saturated carbocycles. The van der Waals surface area contributed by atoms with Crippen molar-refractivity contribution in [2.75, 3.05) is 13.1 Å². The predicted molar refractivity (Wildman–Crippen MR) is 73.4 cm³/mol. The van der Waals surface area contributed by atoms with Gasteiger partial charge in [-0.1, -0.05) is 11.8 Å². The molecule has 1 aromatic heterocycles. The highest BCUT2D eigenvalue weighted by Crippen LogP contribution is 2.28. The van der Waals surface area contributed by atoms with E-state index in [1.807, 2.05) is 0 Å². The van der Waals surface area contributed by atoms with Crippen molar-refractivity contribution in [1.29, 1.82) is 0 Å². The van der Waals surface area contributed by atoms with Crippen molar-refractivity contribution in [3.63, 3.8) is 0 Å². The lowest BCUT2D eigenvalue weighted by atomic mass is 10.4. The number of hydrogen-bond donors (Lipinski definition) is 2. The summed E-state index contributed by atoms with van der Waals surface area (Å²) in [6.07, 6.45) is 2.01. The molecule has 0 atom stereocenters. The lowest BCUT2D eigenvalue weighted by molar-refractivity contribution is -0.122. The number of alkyl halides is 2. The van der Waals surface area contributed by atoms with Crippen molar-refractivity contribution in [1.82, 2.24) is 10.6 Å². The first-order valence-corrected chi connectivity index (χ1v) is 7.66. The molecule has 4 nitrogen and oxygen atoms in total. The van der Waals surface area contributed by atoms with Gasteiger partial charge in [0.2, 0.25) is 5.91 Å². The van der Waals surface area contributed by atoms with Crippen LogP contribution in [0.1, 0.15) is 24.4 Å². The minimum absolute atomic E-state index is 0.135. The summed E-state index contributed by atoms with van der Waals surface area (Å²) >= 11 is 0.546. The Kier molecular flexibility index (Phi) is 5.85. The van der Waals surface area contributed by atoms with Crippen LogP contribution in [-0.4, -0.2) is 24.8 Å². The molecule has 1 aliphatic rings. The summed E-state index contributed by atoms with van der Waals surface area (Å²) in [6.45, 7) is 1.77. The second-order valence-electron chi connectivity index (χ2n) is 4.68. The quantitative estimate of drug-likeness (QED) is 0.688. The first kappa shape index (κ1) is 15.3. The van der Waals surface area contributed by atoms with E-state index in [0.29, 0.717) is 42.9 Å². The Morgan fingerprint density at radius 1 is 1.35 bits per heavy atom. The number of thioether (sulfide) groups is 1. The Bertz CT molecular complexity index is 436. The van der Waals surface area contributed by atoms with Crippen LogP contribution in [0.4, 0.5) is 8.78 Å². The molecule has 0 radical (unpaired) electrons. The average molecular weight is 304 g/mol. The van der Waals surface area contributed by atoms with Gasteiger partial charge >= 0.3 is 0 Å². The Labute approximate surface area is 120 Å². The highest BCUT2D eigenvalue weighted by molar-refractivity contribution is 7.98. The van der Waals surface area contributed by atoms with Crippen molar-refractivity contribution in [2.24, 2.45) is 5.92 Å². The molecule has 1 aliphatic carbocycles. The lowest BCUT2D eigenvalue weighted by Gasteiger charge is -2.05. The minimum Gasteiger partial charge on any atom is -0.464 e. The smallest absolute Gasteiger partial charge is 0.284 e. The van der Waals surface area contributed by atoms with E-state index in [4.69, 9.17) is 4.42 Å². The Hall–Kier alpha value is -1.08. The van der Waals surface area contributed by atoms with Gasteiger partial charge in [-0.25, -0.2) is 0 Å². The molecule has 7 heteroatoms. The maximum absolute atomic E-state index is 12.0. The van der Waals surface area contributed by atoms with E-state index in [2.05, 4.69) is 10.6 Å². The van der Waals surface area contributed by atoms with Crippen molar-refractivity contribution in [3.8, 4) is 0 Å². The number of carbonyl (C=O) groups excluding carboxylic acids is 1. The standard InChI is InChI=1S/C13H18F2N2O2S/c14-13(15)20-8-11-4-3-10(19-11)7-16-5-6-17-12(18)9-1-2-9/h3-4,9,13,16H,1-2,5-8H2,(H,17,18). The third-order valence-electron chi connectivity index (χ3n) is 2.92. The van der Waals surface area contributed by atoms with Gasteiger partial charge in [-0.2, -0.15) is 8.78 Å². The summed E-state index contributed by atoms with van der Waals surface area (Å²) in [7, 11) is 0. The molecule has 0 unspecified atom stereocenters. The molecule has 2 N–H and O–H groups in total. The van der Waals surface area contributed by atoms with Crippen molar-refractivity contribution >= 4 is 17.7 Å². The molecule has 0 spiro atoms. The fourth-order valence-corrected chi connectivity index (χ4v) is 2.16. The summed E-state index contributed by atoms with van der Waals surface area (Å²) < 4.78 is 29.4. The van der Waals surface area contributed by atoms with Crippen LogP contribution < -0.4 is 10.6 Å². The van der Waals surface area contributed by atoms with Crippen molar-refractivity contribution in [2.45, 2.75) is 30.9 Å². The molecule has 0 saturated heterocycles. The van der Waals surface area contributed by atoms with Crippen molar-refractivity contribution in [3.05, 3.63) is 23.7 Å². The zero-order valence-corrected chi connectivity index (χ0v) is 11.8. The van der Waals surface area contributed by atoms with Crippen LogP contribution >= 0.6 is 11.8 Å². The van der Waals surface area contributed by atoms with Crippen LogP contribution in [0.2, 0.25) is 0 Å². The van der Waals surface area contributed by atoms with Crippen molar-refractivity contribution < 1.29 is 18.0 Å². The number of carbonyl (C=O) groups is 1. The van der Waals surface area contributed by atoms with E-state index in [-0.39, 0.29) is 17.6 Å². The monoisotopic (exact) mass is 304 g/mol. The van der Waals surface area contributed by atoms with Gasteiger partial charge in [0.15, 0.2) is 0 Å². The number of furan rings is 1. The lowest BCUT2D eigenvalue weighted by Crippen LogP contribution is -2.32. The van der Waals surface area contributed by atoms with E-state index in [1.165, 1.54) is 0 Å². The first-order valence-electron chi connectivity index (χ1n) is 6.61. The number of nitrogens with one attached hydrogen (secondary N) is 2. The highest BCUT2D eigenvalue weighted by atomic mass is 32.2. The molecule has 0 bridgehead atoms. The SMILES string of the molecule is O=C(NCCNCc1ccc(CSC(F)F)o1)C1CC1. The van der Waals surface area contributed by atoms with E-state index >= 15 is 0 Å². The fourth-order valence-electron chi connectivity index (χ4n) is 1.72. The normalized spacial score (nSPS) is 14.8. The van der Waals surface area contributed by atoms with Crippen LogP contribution in [-0.2, 0) is 17.1 Å². The fraction of sp³-hybridized carbons (Fsp3) is 0.615. The van der Waals surface area contributed by atoms with Crippen LogP contribution in [0, 0.1) is 5.92 Å². The van der Waals surface area contributed by atoms with Gasteiger partial charge in [0.05, 0.1) is 12.3 Å². The largest absolute Gasteiger partial charge is 0.464 e. The summed E-state index contributed by atoms with van der Waals surface area (Å²) in [5, 5.41) is 5.98. The molecule has 1 heterocycles. The maximum Gasteiger partial charge on any atom is 0.284 e. The number of amides is 1. The summed E-state index contributed by atoms with van der Waals surface area (Å²) in [6, 6.07) is 3.48. The Morgan fingerprint density at radius 3 is 2.80 bits per heavy atom. The van der Waals surface area contributed by atoms with Crippen LogP contribution in [0.15, 0.2) is 16.5 Å². The second-order valence-corrected chi connectivity index (χ2v) is 5.66. The Balaban J connectivity index is 1.55. The molecule has 112 valence electrons. The Morgan fingerprint density at radius 2 is 2.10 bits per heavy atom. The highest BCUT2D eigenvalue weighted by Gasteiger charge is 2.28. The molecular formula is C13H18F2N2O2S. The van der Waals surface area contributed by atoms with E-state index in [1.54, 1.807) is 12.1 Å². The average Bonchev–Trinajstić information content (AvgIpc) is 3.17. The molecule has 1 fully saturated rings. The summed E-state index contributed by atoms with van der Waals surface area (Å²) in [5.41, 5.74) is 0. The third-order valence-corrected chi connectivity index (χ3v) is 3.62. The molecule has 20 heavy (non-hydrogen) atoms. The van der Waals surface area contributed by atoms with Gasteiger partial charge < -0.3 is 15.1 Å². The predicted octanol–water partition coefficient (Wildman–Crippen LogP) is 2.35. The number of rotatable bonds is 9. The molecule has 1 aromatic rings. The molecule has 0 aromatic carbocycles. The summed E-state index contributed by atoms with van der Waals surface area (Å²) in [5.74, 6) is -0.574. The molecule has 2 rings (SSSR count). The van der Waals surface area contributed by atoms with Gasteiger partial charge in [-0.15, -0.1) is 0 Å². The second kappa shape index (κ2) is 7.64. The topological polar surface area (TPSA) is 54.3 Å². The van der Waals surface area contributed by atoms with E-state index < -0.39 is 5.76 Å². The molecule has 0 aliphatic heterocycles. The number of hydrogen-bond acceptors (Lipinski definition) is 4. The van der Waals surface area contributed by atoms with Gasteiger partial charge in [0.1, 0.15) is 11.5 Å². The first-order chi connectivity index (χ1) is 9.65. The van der Waals surface area contributed by atoms with Crippen LogP contribution in [0.5, 0.6) is 0 Å².